The molecule has 0 aliphatic rings. The molecule has 6 nitrogen and oxygen atoms in total. The van der Waals surface area contributed by atoms with Gasteiger partial charge >= 0.3 is 5.97 Å². The molecule has 0 aliphatic carbocycles. The van der Waals surface area contributed by atoms with Gasteiger partial charge in [-0.15, -0.1) is 0 Å². The van der Waals surface area contributed by atoms with Crippen molar-refractivity contribution in [1.82, 2.24) is 0 Å². The molecular weight excluding hydrogens is 260 g/mol. The molecule has 0 bridgehead atoms. The molecule has 0 saturated heterocycles. The summed E-state index contributed by atoms with van der Waals surface area (Å²) >= 11 is 0. The van der Waals surface area contributed by atoms with Crippen LogP contribution in [-0.2, 0) is 14.4 Å². The standard InChI is InChI=1S/C14H18N2O4/c1-9(8-14(19)20)7-13(18)16-12-5-3-11(4-6-12)15-10(2)17/h3-6,9H,7-8H2,1-2H3,(H,15,17)(H,16,18)(H,19,20). The third-order valence-electron chi connectivity index (χ3n) is 2.55. The van der Waals surface area contributed by atoms with Gasteiger partial charge in [-0.05, 0) is 30.2 Å². The van der Waals surface area contributed by atoms with Crippen LogP contribution in [0.3, 0.4) is 0 Å². The van der Waals surface area contributed by atoms with Crippen molar-refractivity contribution in [3.63, 3.8) is 0 Å². The van der Waals surface area contributed by atoms with Crippen LogP contribution in [0.4, 0.5) is 11.4 Å². The molecule has 2 amide bonds. The van der Waals surface area contributed by atoms with Crippen LogP contribution in [-0.4, -0.2) is 22.9 Å². The summed E-state index contributed by atoms with van der Waals surface area (Å²) in [6.45, 7) is 3.13. The number of carbonyl (C=O) groups is 3. The number of rotatable bonds is 6. The van der Waals surface area contributed by atoms with Gasteiger partial charge in [0.1, 0.15) is 0 Å². The first-order valence-corrected chi connectivity index (χ1v) is 6.26. The molecule has 20 heavy (non-hydrogen) atoms. The molecular formula is C14H18N2O4. The number of carboxylic acid groups (broad SMARTS) is 1. The summed E-state index contributed by atoms with van der Waals surface area (Å²) < 4.78 is 0. The van der Waals surface area contributed by atoms with E-state index < -0.39 is 5.97 Å². The summed E-state index contributed by atoms with van der Waals surface area (Å²) in [7, 11) is 0. The van der Waals surface area contributed by atoms with Crippen molar-refractivity contribution in [2.24, 2.45) is 5.92 Å². The van der Waals surface area contributed by atoms with Crippen LogP contribution in [0.25, 0.3) is 0 Å². The maximum atomic E-state index is 11.7. The van der Waals surface area contributed by atoms with Gasteiger partial charge in [-0.3, -0.25) is 14.4 Å². The second-order valence-electron chi connectivity index (χ2n) is 4.71. The van der Waals surface area contributed by atoms with E-state index in [0.29, 0.717) is 11.4 Å². The third-order valence-corrected chi connectivity index (χ3v) is 2.55. The van der Waals surface area contributed by atoms with Crippen LogP contribution in [0.15, 0.2) is 24.3 Å². The topological polar surface area (TPSA) is 95.5 Å². The highest BCUT2D eigenvalue weighted by atomic mass is 16.4. The quantitative estimate of drug-likeness (QED) is 0.742. The Balaban J connectivity index is 2.49. The van der Waals surface area contributed by atoms with Gasteiger partial charge in [-0.1, -0.05) is 6.92 Å². The lowest BCUT2D eigenvalue weighted by Gasteiger charge is -2.10. The first kappa shape index (κ1) is 15.7. The minimum absolute atomic E-state index is 0.0328. The number of carboxylic acids is 1. The fourth-order valence-electron chi connectivity index (χ4n) is 1.74. The van der Waals surface area contributed by atoms with Gasteiger partial charge in [0, 0.05) is 31.1 Å². The number of carbonyl (C=O) groups excluding carboxylic acids is 2. The fraction of sp³-hybridized carbons (Fsp3) is 0.357. The van der Waals surface area contributed by atoms with Crippen LogP contribution in [0.5, 0.6) is 0 Å². The number of hydrogen-bond acceptors (Lipinski definition) is 3. The van der Waals surface area contributed by atoms with Crippen molar-refractivity contribution in [3.8, 4) is 0 Å². The summed E-state index contributed by atoms with van der Waals surface area (Å²) in [6, 6.07) is 6.70. The summed E-state index contributed by atoms with van der Waals surface area (Å²) in [6.07, 6.45) is 0.120. The molecule has 0 fully saturated rings. The first-order valence-electron chi connectivity index (χ1n) is 6.26. The van der Waals surface area contributed by atoms with Crippen molar-refractivity contribution < 1.29 is 19.5 Å². The molecule has 3 N–H and O–H groups in total. The summed E-state index contributed by atoms with van der Waals surface area (Å²) in [5, 5.41) is 13.9. The number of nitrogens with one attached hydrogen (secondary N) is 2. The number of aliphatic carboxylic acids is 1. The van der Waals surface area contributed by atoms with Crippen LogP contribution < -0.4 is 10.6 Å². The molecule has 0 heterocycles. The Morgan fingerprint density at radius 3 is 2.00 bits per heavy atom. The minimum Gasteiger partial charge on any atom is -0.481 e. The highest BCUT2D eigenvalue weighted by molar-refractivity contribution is 5.92. The summed E-state index contributed by atoms with van der Waals surface area (Å²) in [4.78, 5) is 33.1. The Kier molecular flexibility index (Phi) is 5.71. The molecule has 0 spiro atoms. The van der Waals surface area contributed by atoms with Gasteiger partial charge in [0.15, 0.2) is 0 Å². The zero-order valence-electron chi connectivity index (χ0n) is 11.5. The molecule has 1 unspecified atom stereocenters. The SMILES string of the molecule is CC(=O)Nc1ccc(NC(=O)CC(C)CC(=O)O)cc1. The molecule has 1 aromatic carbocycles. The minimum atomic E-state index is -0.912. The largest absolute Gasteiger partial charge is 0.481 e. The molecule has 1 rings (SSSR count). The molecule has 6 heteroatoms. The Labute approximate surface area is 117 Å². The van der Waals surface area contributed by atoms with Crippen LogP contribution in [0, 0.1) is 5.92 Å². The maximum absolute atomic E-state index is 11.7. The fourth-order valence-corrected chi connectivity index (χ4v) is 1.74. The van der Waals surface area contributed by atoms with E-state index >= 15 is 0 Å². The van der Waals surface area contributed by atoms with Crippen molar-refractivity contribution in [3.05, 3.63) is 24.3 Å². The van der Waals surface area contributed by atoms with Gasteiger partial charge < -0.3 is 15.7 Å². The Hall–Kier alpha value is -2.37. The maximum Gasteiger partial charge on any atom is 0.303 e. The van der Waals surface area contributed by atoms with Gasteiger partial charge in [0.25, 0.3) is 0 Å². The monoisotopic (exact) mass is 278 g/mol. The summed E-state index contributed by atoms with van der Waals surface area (Å²) in [5.74, 6) is -1.52. The van der Waals surface area contributed by atoms with Gasteiger partial charge in [0.05, 0.1) is 0 Å². The van der Waals surface area contributed by atoms with Crippen molar-refractivity contribution in [2.75, 3.05) is 10.6 Å². The van der Waals surface area contributed by atoms with Gasteiger partial charge in [-0.2, -0.15) is 0 Å². The average molecular weight is 278 g/mol. The lowest BCUT2D eigenvalue weighted by molar-refractivity contribution is -0.138. The van der Waals surface area contributed by atoms with Crippen LogP contribution in [0.1, 0.15) is 26.7 Å². The van der Waals surface area contributed by atoms with E-state index in [-0.39, 0.29) is 30.6 Å². The van der Waals surface area contributed by atoms with E-state index in [9.17, 15) is 14.4 Å². The zero-order valence-corrected chi connectivity index (χ0v) is 11.5. The normalized spacial score (nSPS) is 11.5. The summed E-state index contributed by atoms with van der Waals surface area (Å²) in [5.41, 5.74) is 1.25. The Morgan fingerprint density at radius 1 is 1.05 bits per heavy atom. The highest BCUT2D eigenvalue weighted by Crippen LogP contribution is 2.15. The lowest BCUT2D eigenvalue weighted by atomic mass is 10.0. The lowest BCUT2D eigenvalue weighted by Crippen LogP contribution is -2.17. The number of benzene rings is 1. The third kappa shape index (κ3) is 5.99. The van der Waals surface area contributed by atoms with E-state index in [1.807, 2.05) is 0 Å². The Bertz CT molecular complexity index is 496. The van der Waals surface area contributed by atoms with Gasteiger partial charge in [0.2, 0.25) is 11.8 Å². The molecule has 108 valence electrons. The average Bonchev–Trinajstić information content (AvgIpc) is 2.29. The predicted octanol–water partition coefficient (Wildman–Crippen LogP) is 2.08. The smallest absolute Gasteiger partial charge is 0.303 e. The number of amides is 2. The van der Waals surface area contributed by atoms with Crippen molar-refractivity contribution in [2.45, 2.75) is 26.7 Å². The molecule has 1 atom stereocenters. The van der Waals surface area contributed by atoms with Crippen molar-refractivity contribution in [1.29, 1.82) is 0 Å². The number of anilines is 2. The molecule has 0 aromatic heterocycles. The Morgan fingerprint density at radius 2 is 1.55 bits per heavy atom. The molecule has 0 radical (unpaired) electrons. The zero-order chi connectivity index (χ0) is 15.1. The second-order valence-corrected chi connectivity index (χ2v) is 4.71. The molecule has 0 saturated carbocycles. The van der Waals surface area contributed by atoms with E-state index in [4.69, 9.17) is 5.11 Å². The first-order chi connectivity index (χ1) is 9.36. The van der Waals surface area contributed by atoms with E-state index in [1.165, 1.54) is 6.92 Å². The molecule has 0 aliphatic heterocycles. The van der Waals surface area contributed by atoms with Crippen molar-refractivity contribution >= 4 is 29.2 Å². The predicted molar refractivity (Wildman–Crippen MR) is 75.4 cm³/mol. The highest BCUT2D eigenvalue weighted by Gasteiger charge is 2.12. The number of hydrogen-bond donors (Lipinski definition) is 3. The second kappa shape index (κ2) is 7.28. The molecule has 1 aromatic rings. The van der Waals surface area contributed by atoms with Crippen LogP contribution >= 0.6 is 0 Å². The van der Waals surface area contributed by atoms with Gasteiger partial charge in [-0.25, -0.2) is 0 Å². The van der Waals surface area contributed by atoms with E-state index in [1.54, 1.807) is 31.2 Å². The van der Waals surface area contributed by atoms with E-state index in [0.717, 1.165) is 0 Å². The van der Waals surface area contributed by atoms with E-state index in [2.05, 4.69) is 10.6 Å². The van der Waals surface area contributed by atoms with Crippen LogP contribution in [0.2, 0.25) is 0 Å².